The van der Waals surface area contributed by atoms with E-state index in [9.17, 15) is 22.7 Å². The first kappa shape index (κ1) is 29.5. The smallest absolute Gasteiger partial charge is 0.304 e. The van der Waals surface area contributed by atoms with Gasteiger partial charge in [0, 0.05) is 30.3 Å². The standard InChI is InChI=1S/C30H28ClFN4O5S2/c1-4-20-15-36(43(39,40)27-12-23(31)24(32)13-26(27)41-20)14-19-10-18(9-17-7-8-42-30(17)19)22(11-28(37)38)21-5-6-25-29(16(21)2)33-34-35(25)3/h5-10,12-13,20,22H,4,11,14-15H2,1-3H3,(H,37,38)/t20-,22+/m1/s1. The van der Waals surface area contributed by atoms with Crippen molar-refractivity contribution in [3.05, 3.63) is 80.9 Å². The molecule has 0 unspecified atom stereocenters. The van der Waals surface area contributed by atoms with Gasteiger partial charge in [0.1, 0.15) is 28.1 Å². The Balaban J connectivity index is 1.48. The fourth-order valence-corrected chi connectivity index (χ4v) is 8.44. The monoisotopic (exact) mass is 642 g/mol. The number of sulfonamides is 1. The van der Waals surface area contributed by atoms with E-state index in [2.05, 4.69) is 10.3 Å². The molecule has 9 nitrogen and oxygen atoms in total. The van der Waals surface area contributed by atoms with Crippen molar-refractivity contribution >= 4 is 60.0 Å². The lowest BCUT2D eigenvalue weighted by Gasteiger charge is -2.24. The molecule has 2 aromatic heterocycles. The fourth-order valence-electron chi connectivity index (χ4n) is 5.75. The summed E-state index contributed by atoms with van der Waals surface area (Å²) in [6, 6.07) is 11.7. The van der Waals surface area contributed by atoms with Crippen LogP contribution in [0.1, 0.15) is 47.9 Å². The minimum absolute atomic E-state index is 0.00342. The summed E-state index contributed by atoms with van der Waals surface area (Å²) in [4.78, 5) is 12.0. The number of carboxylic acids is 1. The van der Waals surface area contributed by atoms with Crippen LogP contribution in [0.15, 0.2) is 52.7 Å². The lowest BCUT2D eigenvalue weighted by molar-refractivity contribution is -0.137. The molecule has 0 aliphatic carbocycles. The molecule has 1 N–H and O–H groups in total. The van der Waals surface area contributed by atoms with Gasteiger partial charge in [-0.05, 0) is 70.6 Å². The summed E-state index contributed by atoms with van der Waals surface area (Å²) in [6.45, 7) is 3.83. The maximum absolute atomic E-state index is 14.3. The number of aromatic nitrogens is 3. The minimum Gasteiger partial charge on any atom is -0.488 e. The zero-order valence-corrected chi connectivity index (χ0v) is 25.9. The van der Waals surface area contributed by atoms with E-state index in [0.717, 1.165) is 50.0 Å². The van der Waals surface area contributed by atoms with Gasteiger partial charge in [-0.3, -0.25) is 4.79 Å². The van der Waals surface area contributed by atoms with Crippen LogP contribution in [0.2, 0.25) is 5.02 Å². The summed E-state index contributed by atoms with van der Waals surface area (Å²) in [5, 5.41) is 20.8. The topological polar surface area (TPSA) is 115 Å². The first-order valence-electron chi connectivity index (χ1n) is 13.6. The molecule has 0 radical (unpaired) electrons. The van der Waals surface area contributed by atoms with Gasteiger partial charge < -0.3 is 9.84 Å². The van der Waals surface area contributed by atoms with Crippen LogP contribution >= 0.6 is 22.9 Å². The Bertz CT molecular complexity index is 2010. The van der Waals surface area contributed by atoms with Gasteiger partial charge in [-0.15, -0.1) is 16.4 Å². The van der Waals surface area contributed by atoms with E-state index in [1.54, 1.807) is 11.7 Å². The summed E-state index contributed by atoms with van der Waals surface area (Å²) in [7, 11) is -2.33. The average Bonchev–Trinajstić information content (AvgIpc) is 3.57. The normalized spacial score (nSPS) is 17.5. The third kappa shape index (κ3) is 5.26. The average molecular weight is 643 g/mol. The quantitative estimate of drug-likeness (QED) is 0.223. The van der Waals surface area contributed by atoms with Crippen LogP contribution in [0.25, 0.3) is 21.1 Å². The molecule has 0 fully saturated rings. The lowest BCUT2D eigenvalue weighted by atomic mass is 9.84. The second-order valence-electron chi connectivity index (χ2n) is 10.7. The third-order valence-corrected chi connectivity index (χ3v) is 11.1. The van der Waals surface area contributed by atoms with Gasteiger partial charge >= 0.3 is 5.97 Å². The summed E-state index contributed by atoms with van der Waals surface area (Å²) in [6.07, 6.45) is -0.193. The first-order chi connectivity index (χ1) is 20.5. The molecule has 224 valence electrons. The van der Waals surface area contributed by atoms with Crippen LogP contribution in [0.4, 0.5) is 4.39 Å². The number of hydrogen-bond acceptors (Lipinski definition) is 7. The number of hydrogen-bond donors (Lipinski definition) is 1. The second kappa shape index (κ2) is 11.2. The SMILES string of the molecule is CC[C@@H]1CN(Cc2cc([C@H](CC(=O)O)c3ccc4c(nnn4C)c3C)cc3ccsc23)S(=O)(=O)c2cc(Cl)c(F)cc2O1. The molecule has 3 aromatic carbocycles. The lowest BCUT2D eigenvalue weighted by Crippen LogP contribution is -2.36. The Morgan fingerprint density at radius 3 is 2.79 bits per heavy atom. The second-order valence-corrected chi connectivity index (χ2v) is 13.9. The molecule has 0 saturated heterocycles. The van der Waals surface area contributed by atoms with E-state index in [1.807, 2.05) is 49.6 Å². The Labute approximate surface area is 256 Å². The number of thiophene rings is 1. The van der Waals surface area contributed by atoms with E-state index in [1.165, 1.54) is 15.6 Å². The molecule has 6 rings (SSSR count). The van der Waals surface area contributed by atoms with Gasteiger partial charge in [0.15, 0.2) is 0 Å². The number of fused-ring (bicyclic) bond motifs is 3. The predicted octanol–water partition coefficient (Wildman–Crippen LogP) is 6.25. The van der Waals surface area contributed by atoms with Crippen LogP contribution in [-0.4, -0.2) is 51.4 Å². The molecule has 0 spiro atoms. The molecule has 1 aliphatic rings. The molecular formula is C30H28ClFN4O5S2. The molecule has 3 heterocycles. The van der Waals surface area contributed by atoms with Crippen molar-refractivity contribution in [1.82, 2.24) is 19.3 Å². The highest BCUT2D eigenvalue weighted by Gasteiger charge is 2.36. The zero-order valence-electron chi connectivity index (χ0n) is 23.5. The summed E-state index contributed by atoms with van der Waals surface area (Å²) >= 11 is 7.49. The molecule has 1 aliphatic heterocycles. The Morgan fingerprint density at radius 2 is 2.05 bits per heavy atom. The summed E-state index contributed by atoms with van der Waals surface area (Å²) in [5.41, 5.74) is 4.65. The van der Waals surface area contributed by atoms with Crippen LogP contribution in [0.3, 0.4) is 0 Å². The van der Waals surface area contributed by atoms with E-state index in [-0.39, 0.29) is 35.2 Å². The van der Waals surface area contributed by atoms with Crippen LogP contribution in [0.5, 0.6) is 5.75 Å². The Hall–Kier alpha value is -3.58. The maximum Gasteiger partial charge on any atom is 0.304 e. The number of aryl methyl sites for hydroxylation is 2. The van der Waals surface area contributed by atoms with E-state index < -0.39 is 33.8 Å². The molecule has 43 heavy (non-hydrogen) atoms. The number of nitrogens with zero attached hydrogens (tertiary/aromatic N) is 4. The van der Waals surface area contributed by atoms with E-state index >= 15 is 0 Å². The minimum atomic E-state index is -4.13. The Kier molecular flexibility index (Phi) is 7.66. The van der Waals surface area contributed by atoms with Gasteiger partial charge in [-0.2, -0.15) is 4.31 Å². The largest absolute Gasteiger partial charge is 0.488 e. The number of benzene rings is 3. The highest BCUT2D eigenvalue weighted by molar-refractivity contribution is 7.89. The molecule has 0 bridgehead atoms. The molecule has 13 heteroatoms. The number of carbonyl (C=O) groups is 1. The molecule has 0 amide bonds. The predicted molar refractivity (Wildman–Crippen MR) is 163 cm³/mol. The number of carboxylic acid groups (broad SMARTS) is 1. The van der Waals surface area contributed by atoms with Crippen molar-refractivity contribution < 1.29 is 27.4 Å². The number of halogens is 2. The van der Waals surface area contributed by atoms with Crippen molar-refractivity contribution in [3.8, 4) is 5.75 Å². The van der Waals surface area contributed by atoms with Crippen LogP contribution in [-0.2, 0) is 28.4 Å². The van der Waals surface area contributed by atoms with Crippen molar-refractivity contribution in [3.63, 3.8) is 0 Å². The zero-order chi connectivity index (χ0) is 30.6. The highest BCUT2D eigenvalue weighted by atomic mass is 35.5. The van der Waals surface area contributed by atoms with E-state index in [0.29, 0.717) is 11.9 Å². The summed E-state index contributed by atoms with van der Waals surface area (Å²) in [5.74, 6) is -2.31. The van der Waals surface area contributed by atoms with Crippen molar-refractivity contribution in [2.45, 2.75) is 50.2 Å². The van der Waals surface area contributed by atoms with Crippen LogP contribution in [0, 0.1) is 12.7 Å². The first-order valence-corrected chi connectivity index (χ1v) is 16.3. The fraction of sp³-hybridized carbons (Fsp3) is 0.300. The summed E-state index contributed by atoms with van der Waals surface area (Å²) < 4.78 is 52.1. The number of ether oxygens (including phenoxy) is 1. The van der Waals surface area contributed by atoms with Crippen molar-refractivity contribution in [2.24, 2.45) is 7.05 Å². The molecule has 2 atom stereocenters. The Morgan fingerprint density at radius 1 is 1.26 bits per heavy atom. The third-order valence-electron chi connectivity index (χ3n) is 7.99. The number of aliphatic carboxylic acids is 1. The van der Waals surface area contributed by atoms with Crippen molar-refractivity contribution in [1.29, 1.82) is 0 Å². The van der Waals surface area contributed by atoms with Crippen LogP contribution < -0.4 is 4.74 Å². The van der Waals surface area contributed by atoms with Gasteiger partial charge in [-0.1, -0.05) is 35.9 Å². The van der Waals surface area contributed by atoms with Gasteiger partial charge in [0.05, 0.1) is 23.5 Å². The van der Waals surface area contributed by atoms with E-state index in [4.69, 9.17) is 16.3 Å². The van der Waals surface area contributed by atoms with Gasteiger partial charge in [0.2, 0.25) is 10.0 Å². The molecule has 5 aromatic rings. The highest BCUT2D eigenvalue weighted by Crippen LogP contribution is 2.40. The van der Waals surface area contributed by atoms with Gasteiger partial charge in [0.25, 0.3) is 0 Å². The molecule has 0 saturated carbocycles. The molecular weight excluding hydrogens is 615 g/mol. The van der Waals surface area contributed by atoms with Crippen molar-refractivity contribution in [2.75, 3.05) is 6.54 Å². The van der Waals surface area contributed by atoms with Gasteiger partial charge in [-0.25, -0.2) is 17.5 Å². The maximum atomic E-state index is 14.3. The number of rotatable bonds is 7.